The van der Waals surface area contributed by atoms with Gasteiger partial charge in [-0.05, 0) is 6.07 Å². The fourth-order valence-electron chi connectivity index (χ4n) is 0.619. The van der Waals surface area contributed by atoms with E-state index in [1.165, 1.54) is 24.3 Å². The summed E-state index contributed by atoms with van der Waals surface area (Å²) in [5, 5.41) is 18.9. The minimum atomic E-state index is -5.12. The summed E-state index contributed by atoms with van der Waals surface area (Å²) in [5.74, 6) is -0.299. The Morgan fingerprint density at radius 2 is 1.60 bits per heavy atom. The predicted octanol–water partition coefficient (Wildman–Crippen LogP) is -0.870. The van der Waals surface area contributed by atoms with Gasteiger partial charge in [0, 0.05) is 6.07 Å². The molecule has 4 N–H and O–H groups in total. The molecule has 0 unspecified atom stereocenters. The van der Waals surface area contributed by atoms with Crippen LogP contribution in [0.5, 0.6) is 5.75 Å². The Bertz CT molecular complexity index is 379. The van der Waals surface area contributed by atoms with Crippen molar-refractivity contribution in [2.24, 2.45) is 0 Å². The zero-order chi connectivity index (χ0) is 12.1. The number of hydrogen-bond donors (Lipinski definition) is 4. The number of phenols is 1. The number of nitro groups is 1. The van der Waals surface area contributed by atoms with Gasteiger partial charge in [0.15, 0.2) is 5.75 Å². The Hall–Kier alpha value is -1.34. The molecule has 9 heteroatoms. The Balaban J connectivity index is 0.000000336. The van der Waals surface area contributed by atoms with Crippen molar-refractivity contribution in [1.29, 1.82) is 0 Å². The average Bonchev–Trinajstić information content (AvgIpc) is 2.01. The number of para-hydroxylation sites is 2. The monoisotopic (exact) mass is 281 g/mol. The molecular formula is C6H8AsNO7. The molecule has 0 heterocycles. The molecule has 0 bridgehead atoms. The molecule has 0 aliphatic heterocycles. The van der Waals surface area contributed by atoms with Crippen LogP contribution in [-0.2, 0) is 3.74 Å². The first-order valence-corrected chi connectivity index (χ1v) is 6.71. The van der Waals surface area contributed by atoms with E-state index >= 15 is 0 Å². The fourth-order valence-corrected chi connectivity index (χ4v) is 0.619. The number of nitrogens with zero attached hydrogens (tertiary/aromatic N) is 1. The van der Waals surface area contributed by atoms with Gasteiger partial charge in [-0.25, -0.2) is 0 Å². The largest absolute Gasteiger partial charge is 0.502 e. The molecule has 0 aromatic heterocycles. The van der Waals surface area contributed by atoms with Crippen LogP contribution in [0.2, 0.25) is 0 Å². The van der Waals surface area contributed by atoms with Crippen molar-refractivity contribution < 1.29 is 26.1 Å². The van der Waals surface area contributed by atoms with Crippen LogP contribution in [0.15, 0.2) is 24.3 Å². The standard InChI is InChI=1S/C6H5NO3.AsH3O4/c8-6-4-2-1-3-5(6)7(9)10;2-1(3,4)5/h1-4,8H;(H3,2,3,4,5). The summed E-state index contributed by atoms with van der Waals surface area (Å²) in [6.07, 6.45) is 0. The third-order valence-corrected chi connectivity index (χ3v) is 1.08. The van der Waals surface area contributed by atoms with Crippen LogP contribution < -0.4 is 0 Å². The molecule has 0 saturated carbocycles. The number of rotatable bonds is 1. The van der Waals surface area contributed by atoms with Gasteiger partial charge in [-0.15, -0.1) is 0 Å². The normalized spacial score (nSPS) is 10.1. The predicted molar refractivity (Wildman–Crippen MR) is 47.9 cm³/mol. The number of hydrogen-bond acceptors (Lipinski definition) is 4. The minimum absolute atomic E-state index is 0.262. The molecule has 0 aliphatic rings. The Morgan fingerprint density at radius 1 is 1.20 bits per heavy atom. The molecule has 1 rings (SSSR count). The molecule has 0 aliphatic carbocycles. The van der Waals surface area contributed by atoms with Crippen molar-refractivity contribution in [1.82, 2.24) is 0 Å². The molecule has 0 spiro atoms. The Labute approximate surface area is 86.9 Å². The maximum absolute atomic E-state index is 10.1. The molecule has 84 valence electrons. The number of phenolic OH excluding ortho intramolecular Hbond substituents is 1. The van der Waals surface area contributed by atoms with Gasteiger partial charge in [0.25, 0.3) is 0 Å². The van der Waals surface area contributed by atoms with Crippen molar-refractivity contribution in [3.05, 3.63) is 34.4 Å². The molecule has 0 fully saturated rings. The van der Waals surface area contributed by atoms with Crippen LogP contribution in [0.3, 0.4) is 0 Å². The van der Waals surface area contributed by atoms with E-state index in [0.717, 1.165) is 0 Å². The summed E-state index contributed by atoms with van der Waals surface area (Å²) in [6.45, 7) is 0. The van der Waals surface area contributed by atoms with E-state index in [-0.39, 0.29) is 11.4 Å². The maximum atomic E-state index is 10.1. The third kappa shape index (κ3) is 7.71. The van der Waals surface area contributed by atoms with Gasteiger partial charge >= 0.3 is 36.2 Å². The smallest absolute Gasteiger partial charge is 0.310 e. The third-order valence-electron chi connectivity index (χ3n) is 1.08. The van der Waals surface area contributed by atoms with E-state index in [9.17, 15) is 10.1 Å². The van der Waals surface area contributed by atoms with Crippen molar-refractivity contribution in [2.75, 3.05) is 0 Å². The first-order valence-electron chi connectivity index (χ1n) is 3.42. The van der Waals surface area contributed by atoms with Crippen LogP contribution in [0.1, 0.15) is 0 Å². The molecule has 0 radical (unpaired) electrons. The summed E-state index contributed by atoms with van der Waals surface area (Å²) in [4.78, 5) is 9.44. The Morgan fingerprint density at radius 3 is 1.87 bits per heavy atom. The second kappa shape index (κ2) is 5.52. The van der Waals surface area contributed by atoms with Gasteiger partial charge in [-0.2, -0.15) is 0 Å². The molecule has 15 heavy (non-hydrogen) atoms. The summed E-state index contributed by atoms with van der Waals surface area (Å²) >= 11 is -5.12. The Kier molecular flexibility index (Phi) is 5.02. The summed E-state index contributed by atoms with van der Waals surface area (Å²) in [5.41, 5.74) is -0.262. The zero-order valence-corrected chi connectivity index (χ0v) is 9.09. The maximum Gasteiger partial charge on any atom is 0.310 e. The van der Waals surface area contributed by atoms with E-state index in [0.29, 0.717) is 0 Å². The van der Waals surface area contributed by atoms with Gasteiger partial charge in [0.05, 0.1) is 4.92 Å². The molecule has 8 nitrogen and oxygen atoms in total. The van der Waals surface area contributed by atoms with E-state index in [2.05, 4.69) is 0 Å². The van der Waals surface area contributed by atoms with Crippen molar-refractivity contribution >= 4 is 20.2 Å². The number of aromatic hydroxyl groups is 1. The fraction of sp³-hybridized carbons (Fsp3) is 0. The second-order valence-corrected chi connectivity index (χ2v) is 4.41. The van der Waals surface area contributed by atoms with Crippen molar-refractivity contribution in [2.45, 2.75) is 0 Å². The molecule has 0 amide bonds. The second-order valence-electron chi connectivity index (χ2n) is 2.26. The van der Waals surface area contributed by atoms with Crippen LogP contribution in [0, 0.1) is 10.1 Å². The minimum Gasteiger partial charge on any atom is -0.502 e. The van der Waals surface area contributed by atoms with Crippen LogP contribution >= 0.6 is 0 Å². The molecule has 1 aromatic carbocycles. The molecule has 1 aromatic rings. The molecule has 0 saturated heterocycles. The average molecular weight is 281 g/mol. The molecular weight excluding hydrogens is 273 g/mol. The van der Waals surface area contributed by atoms with Crippen LogP contribution in [0.25, 0.3) is 0 Å². The van der Waals surface area contributed by atoms with E-state index in [1.807, 2.05) is 0 Å². The summed E-state index contributed by atoms with van der Waals surface area (Å²) < 4.78 is 30.7. The van der Waals surface area contributed by atoms with Crippen molar-refractivity contribution in [3.63, 3.8) is 0 Å². The number of benzene rings is 1. The van der Waals surface area contributed by atoms with Crippen LogP contribution in [-0.4, -0.2) is 36.8 Å². The topological polar surface area (TPSA) is 141 Å². The van der Waals surface area contributed by atoms with Gasteiger partial charge < -0.3 is 5.11 Å². The summed E-state index contributed by atoms with van der Waals surface area (Å²) in [6, 6.07) is 5.55. The van der Waals surface area contributed by atoms with E-state index < -0.39 is 19.4 Å². The summed E-state index contributed by atoms with van der Waals surface area (Å²) in [7, 11) is 0. The quantitative estimate of drug-likeness (QED) is 0.298. The van der Waals surface area contributed by atoms with Crippen molar-refractivity contribution in [3.8, 4) is 5.75 Å². The van der Waals surface area contributed by atoms with Gasteiger partial charge in [0.2, 0.25) is 0 Å². The van der Waals surface area contributed by atoms with Crippen LogP contribution in [0.4, 0.5) is 5.69 Å². The first kappa shape index (κ1) is 13.7. The number of nitro benzene ring substituents is 1. The SMILES string of the molecule is O=[As](O)(O)O.O=[N+]([O-])c1ccccc1O. The zero-order valence-electron chi connectivity index (χ0n) is 7.22. The van der Waals surface area contributed by atoms with E-state index in [1.54, 1.807) is 0 Å². The van der Waals surface area contributed by atoms with Gasteiger partial charge in [0.1, 0.15) is 0 Å². The first-order chi connectivity index (χ1) is 6.72. The van der Waals surface area contributed by atoms with Gasteiger partial charge in [-0.3, -0.25) is 10.1 Å². The van der Waals surface area contributed by atoms with E-state index in [4.69, 9.17) is 21.1 Å². The van der Waals surface area contributed by atoms with Gasteiger partial charge in [-0.1, -0.05) is 12.1 Å². The molecule has 0 atom stereocenters.